The number of hydrogen-bond donors (Lipinski definition) is 1. The standard InChI is InChI=1S/C39H76O5/c1-4-5-6-7-8-9-10-11-12-13-14-15-16-17-18-19-23-26-29-32-38(41)43-34-37(40)35-44-39(42)33-30-27-24-21-20-22-25-28-31-36(2)3/h36-37,40H,4-35H2,1-3H3/t37-/m0/s1. The molecule has 0 aromatic heterocycles. The Morgan fingerprint density at radius 3 is 1.02 bits per heavy atom. The molecule has 0 aliphatic carbocycles. The van der Waals surface area contributed by atoms with E-state index < -0.39 is 6.10 Å². The Balaban J connectivity index is 3.36. The summed E-state index contributed by atoms with van der Waals surface area (Å²) in [5, 5.41) is 9.99. The minimum absolute atomic E-state index is 0.109. The van der Waals surface area contributed by atoms with E-state index >= 15 is 0 Å². The summed E-state index contributed by atoms with van der Waals surface area (Å²) in [6.07, 6.45) is 36.0. The highest BCUT2D eigenvalue weighted by molar-refractivity contribution is 5.69. The van der Waals surface area contributed by atoms with E-state index in [1.54, 1.807) is 0 Å². The predicted octanol–water partition coefficient (Wildman–Crippen LogP) is 11.8. The van der Waals surface area contributed by atoms with Crippen molar-refractivity contribution in [3.63, 3.8) is 0 Å². The average molecular weight is 625 g/mol. The molecule has 0 bridgehead atoms. The minimum Gasteiger partial charge on any atom is -0.463 e. The van der Waals surface area contributed by atoms with Gasteiger partial charge in [0.05, 0.1) is 0 Å². The molecule has 0 spiro atoms. The molecule has 0 amide bonds. The van der Waals surface area contributed by atoms with Crippen molar-refractivity contribution in [3.8, 4) is 0 Å². The SMILES string of the molecule is CCCCCCCCCCCCCCCCCCCCCC(=O)OC[C@H](O)COC(=O)CCCCCCCCCCC(C)C. The topological polar surface area (TPSA) is 72.8 Å². The van der Waals surface area contributed by atoms with Crippen LogP contribution in [-0.4, -0.2) is 36.4 Å². The van der Waals surface area contributed by atoms with Crippen molar-refractivity contribution in [1.82, 2.24) is 0 Å². The van der Waals surface area contributed by atoms with E-state index in [1.807, 2.05) is 0 Å². The second-order valence-corrected chi connectivity index (χ2v) is 13.9. The first-order valence-electron chi connectivity index (χ1n) is 19.4. The van der Waals surface area contributed by atoms with Gasteiger partial charge in [-0.25, -0.2) is 0 Å². The van der Waals surface area contributed by atoms with Crippen LogP contribution in [0.4, 0.5) is 0 Å². The van der Waals surface area contributed by atoms with E-state index in [1.165, 1.54) is 148 Å². The molecule has 0 aliphatic rings. The number of ether oxygens (including phenoxy) is 2. The number of unbranched alkanes of at least 4 members (excludes halogenated alkanes) is 25. The molecule has 0 aromatic rings. The van der Waals surface area contributed by atoms with Gasteiger partial charge in [-0.1, -0.05) is 188 Å². The van der Waals surface area contributed by atoms with E-state index in [9.17, 15) is 14.7 Å². The Bertz CT molecular complexity index is 605. The number of esters is 2. The van der Waals surface area contributed by atoms with Crippen LogP contribution in [0.1, 0.15) is 213 Å². The van der Waals surface area contributed by atoms with Crippen molar-refractivity contribution in [2.75, 3.05) is 13.2 Å². The van der Waals surface area contributed by atoms with Crippen LogP contribution in [0.2, 0.25) is 0 Å². The summed E-state index contributed by atoms with van der Waals surface area (Å²) in [5.74, 6) is 0.254. The van der Waals surface area contributed by atoms with Crippen molar-refractivity contribution < 1.29 is 24.2 Å². The fourth-order valence-electron chi connectivity index (χ4n) is 5.80. The molecule has 0 aliphatic heterocycles. The molecule has 0 rings (SSSR count). The summed E-state index contributed by atoms with van der Waals surface area (Å²) in [5.41, 5.74) is 0. The van der Waals surface area contributed by atoms with Gasteiger partial charge in [0.2, 0.25) is 0 Å². The molecular weight excluding hydrogens is 548 g/mol. The molecule has 0 fully saturated rings. The van der Waals surface area contributed by atoms with E-state index in [0.717, 1.165) is 38.0 Å². The maximum atomic E-state index is 12.0. The number of aliphatic hydroxyl groups excluding tert-OH is 1. The summed E-state index contributed by atoms with van der Waals surface area (Å²) < 4.78 is 10.3. The van der Waals surface area contributed by atoms with Crippen molar-refractivity contribution in [1.29, 1.82) is 0 Å². The Morgan fingerprint density at radius 1 is 0.455 bits per heavy atom. The average Bonchev–Trinajstić information content (AvgIpc) is 3.00. The smallest absolute Gasteiger partial charge is 0.305 e. The zero-order valence-corrected chi connectivity index (χ0v) is 29.9. The normalized spacial score (nSPS) is 12.1. The van der Waals surface area contributed by atoms with Gasteiger partial charge in [0, 0.05) is 12.8 Å². The van der Waals surface area contributed by atoms with E-state index in [4.69, 9.17) is 9.47 Å². The molecule has 0 saturated carbocycles. The van der Waals surface area contributed by atoms with E-state index in [2.05, 4.69) is 20.8 Å². The predicted molar refractivity (Wildman–Crippen MR) is 187 cm³/mol. The molecule has 1 N–H and O–H groups in total. The highest BCUT2D eigenvalue weighted by Gasteiger charge is 2.12. The Hall–Kier alpha value is -1.10. The van der Waals surface area contributed by atoms with Crippen molar-refractivity contribution >= 4 is 11.9 Å². The highest BCUT2D eigenvalue weighted by atomic mass is 16.6. The quantitative estimate of drug-likeness (QED) is 0.0561. The van der Waals surface area contributed by atoms with E-state index in [0.29, 0.717) is 12.8 Å². The first-order valence-corrected chi connectivity index (χ1v) is 19.4. The third kappa shape index (κ3) is 35.4. The maximum absolute atomic E-state index is 12.0. The van der Waals surface area contributed by atoms with Crippen molar-refractivity contribution in [2.45, 2.75) is 219 Å². The molecule has 5 nitrogen and oxygen atoms in total. The second kappa shape index (κ2) is 34.8. The Morgan fingerprint density at radius 2 is 0.727 bits per heavy atom. The number of carbonyl (C=O) groups is 2. The summed E-state index contributed by atoms with van der Waals surface area (Å²) in [6.45, 7) is 6.63. The maximum Gasteiger partial charge on any atom is 0.305 e. The van der Waals surface area contributed by atoms with Crippen LogP contribution in [0.15, 0.2) is 0 Å². The number of carbonyl (C=O) groups excluding carboxylic acids is 2. The van der Waals surface area contributed by atoms with Crippen molar-refractivity contribution in [3.05, 3.63) is 0 Å². The van der Waals surface area contributed by atoms with Crippen LogP contribution in [0.5, 0.6) is 0 Å². The Labute approximate surface area is 274 Å². The lowest BCUT2D eigenvalue weighted by Crippen LogP contribution is -2.25. The monoisotopic (exact) mass is 625 g/mol. The third-order valence-corrected chi connectivity index (χ3v) is 8.77. The molecule has 5 heteroatoms. The highest BCUT2D eigenvalue weighted by Crippen LogP contribution is 2.16. The summed E-state index contributed by atoms with van der Waals surface area (Å²) in [7, 11) is 0. The van der Waals surface area contributed by atoms with Crippen LogP contribution in [0.3, 0.4) is 0 Å². The van der Waals surface area contributed by atoms with Gasteiger partial charge in [-0.15, -0.1) is 0 Å². The van der Waals surface area contributed by atoms with Crippen LogP contribution in [-0.2, 0) is 19.1 Å². The molecule has 0 radical (unpaired) electrons. The first kappa shape index (κ1) is 42.9. The molecular formula is C39H76O5. The van der Waals surface area contributed by atoms with Crippen LogP contribution < -0.4 is 0 Å². The van der Waals surface area contributed by atoms with Crippen LogP contribution in [0, 0.1) is 5.92 Å². The molecule has 0 aromatic carbocycles. The van der Waals surface area contributed by atoms with Gasteiger partial charge >= 0.3 is 11.9 Å². The number of hydrogen-bond acceptors (Lipinski definition) is 5. The van der Waals surface area contributed by atoms with E-state index in [-0.39, 0.29) is 25.2 Å². The molecule has 262 valence electrons. The summed E-state index contributed by atoms with van der Waals surface area (Å²) >= 11 is 0. The lowest BCUT2D eigenvalue weighted by molar-refractivity contribution is -0.152. The zero-order chi connectivity index (χ0) is 32.4. The van der Waals surface area contributed by atoms with Gasteiger partial charge < -0.3 is 14.6 Å². The number of rotatable bonds is 35. The fourth-order valence-corrected chi connectivity index (χ4v) is 5.80. The van der Waals surface area contributed by atoms with Gasteiger partial charge in [-0.2, -0.15) is 0 Å². The lowest BCUT2D eigenvalue weighted by atomic mass is 10.0. The molecule has 44 heavy (non-hydrogen) atoms. The van der Waals surface area contributed by atoms with Crippen LogP contribution in [0.25, 0.3) is 0 Å². The van der Waals surface area contributed by atoms with Gasteiger partial charge in [0.25, 0.3) is 0 Å². The van der Waals surface area contributed by atoms with Gasteiger partial charge in [0.1, 0.15) is 19.3 Å². The fraction of sp³-hybridized carbons (Fsp3) is 0.949. The largest absolute Gasteiger partial charge is 0.463 e. The van der Waals surface area contributed by atoms with Gasteiger partial charge in [-0.3, -0.25) is 9.59 Å². The summed E-state index contributed by atoms with van der Waals surface area (Å²) in [4.78, 5) is 23.9. The molecule has 1 atom stereocenters. The molecule has 0 heterocycles. The summed E-state index contributed by atoms with van der Waals surface area (Å²) in [6, 6.07) is 0. The second-order valence-electron chi connectivity index (χ2n) is 13.9. The number of aliphatic hydroxyl groups is 1. The molecule has 0 unspecified atom stereocenters. The first-order chi connectivity index (χ1) is 21.5. The molecule has 0 saturated heterocycles. The minimum atomic E-state index is -0.955. The Kier molecular flexibility index (Phi) is 33.9. The third-order valence-electron chi connectivity index (χ3n) is 8.77. The van der Waals surface area contributed by atoms with Crippen molar-refractivity contribution in [2.24, 2.45) is 5.92 Å². The van der Waals surface area contributed by atoms with Crippen LogP contribution >= 0.6 is 0 Å². The zero-order valence-electron chi connectivity index (χ0n) is 29.9. The lowest BCUT2D eigenvalue weighted by Gasteiger charge is -2.12. The van der Waals surface area contributed by atoms with Gasteiger partial charge in [0.15, 0.2) is 0 Å². The van der Waals surface area contributed by atoms with Gasteiger partial charge in [-0.05, 0) is 18.8 Å².